The van der Waals surface area contributed by atoms with E-state index in [0.717, 1.165) is 31.8 Å². The minimum absolute atomic E-state index is 0.0683. The van der Waals surface area contributed by atoms with Gasteiger partial charge in [0, 0.05) is 18.8 Å². The average molecular weight is 248 g/mol. The van der Waals surface area contributed by atoms with Gasteiger partial charge < -0.3 is 15.4 Å². The van der Waals surface area contributed by atoms with Gasteiger partial charge in [-0.25, -0.2) is 0 Å². The number of ether oxygens (including phenoxy) is 1. The zero-order chi connectivity index (χ0) is 13.0. The third-order valence-electron chi connectivity index (χ3n) is 3.38. The zero-order valence-corrected chi connectivity index (χ0v) is 10.8. The summed E-state index contributed by atoms with van der Waals surface area (Å²) >= 11 is 0. The van der Waals surface area contributed by atoms with Crippen LogP contribution in [0.1, 0.15) is 19.8 Å². The SMILES string of the molecule is CC1CCN(C(=O)COc2ccc(N)cc2)CC1. The van der Waals surface area contributed by atoms with Crippen LogP contribution in [0.5, 0.6) is 5.75 Å². The Morgan fingerprint density at radius 2 is 1.94 bits per heavy atom. The number of hydrogen-bond acceptors (Lipinski definition) is 3. The summed E-state index contributed by atoms with van der Waals surface area (Å²) in [6, 6.07) is 7.09. The number of amides is 1. The summed E-state index contributed by atoms with van der Waals surface area (Å²) in [5.74, 6) is 1.48. The Labute approximate surface area is 108 Å². The number of anilines is 1. The maximum absolute atomic E-state index is 11.9. The Bertz CT molecular complexity index is 395. The van der Waals surface area contributed by atoms with Crippen molar-refractivity contribution in [2.75, 3.05) is 25.4 Å². The van der Waals surface area contributed by atoms with Crippen LogP contribution in [0.15, 0.2) is 24.3 Å². The molecule has 1 aromatic carbocycles. The maximum Gasteiger partial charge on any atom is 0.260 e. The number of carbonyl (C=O) groups is 1. The molecule has 98 valence electrons. The number of nitrogens with zero attached hydrogens (tertiary/aromatic N) is 1. The van der Waals surface area contributed by atoms with Gasteiger partial charge in [0.25, 0.3) is 5.91 Å². The van der Waals surface area contributed by atoms with Crippen LogP contribution in [0.25, 0.3) is 0 Å². The molecule has 1 amide bonds. The second-order valence-corrected chi connectivity index (χ2v) is 4.92. The van der Waals surface area contributed by atoms with Gasteiger partial charge in [-0.3, -0.25) is 4.79 Å². The van der Waals surface area contributed by atoms with Crippen LogP contribution >= 0.6 is 0 Å². The van der Waals surface area contributed by atoms with E-state index in [-0.39, 0.29) is 12.5 Å². The third kappa shape index (κ3) is 3.39. The molecule has 18 heavy (non-hydrogen) atoms. The highest BCUT2D eigenvalue weighted by atomic mass is 16.5. The summed E-state index contributed by atoms with van der Waals surface area (Å²) in [7, 11) is 0. The van der Waals surface area contributed by atoms with Gasteiger partial charge >= 0.3 is 0 Å². The molecule has 0 aromatic heterocycles. The largest absolute Gasteiger partial charge is 0.484 e. The highest BCUT2D eigenvalue weighted by molar-refractivity contribution is 5.77. The predicted octanol–water partition coefficient (Wildman–Crippen LogP) is 1.91. The van der Waals surface area contributed by atoms with Crippen molar-refractivity contribution < 1.29 is 9.53 Å². The van der Waals surface area contributed by atoms with Gasteiger partial charge in [0.15, 0.2) is 6.61 Å². The molecule has 0 unspecified atom stereocenters. The van der Waals surface area contributed by atoms with E-state index in [0.29, 0.717) is 11.4 Å². The fourth-order valence-electron chi connectivity index (χ4n) is 2.06. The number of nitrogen functional groups attached to an aromatic ring is 1. The van der Waals surface area contributed by atoms with Crippen molar-refractivity contribution in [2.24, 2.45) is 5.92 Å². The quantitative estimate of drug-likeness (QED) is 0.831. The van der Waals surface area contributed by atoms with Gasteiger partial charge in [-0.15, -0.1) is 0 Å². The zero-order valence-electron chi connectivity index (χ0n) is 10.8. The molecule has 2 rings (SSSR count). The van der Waals surface area contributed by atoms with Crippen LogP contribution in [0.3, 0.4) is 0 Å². The Hall–Kier alpha value is -1.71. The van der Waals surface area contributed by atoms with E-state index in [4.69, 9.17) is 10.5 Å². The third-order valence-corrected chi connectivity index (χ3v) is 3.38. The number of rotatable bonds is 3. The van der Waals surface area contributed by atoms with Crippen molar-refractivity contribution in [3.8, 4) is 5.75 Å². The lowest BCUT2D eigenvalue weighted by Gasteiger charge is -2.30. The summed E-state index contributed by atoms with van der Waals surface area (Å²) in [6.07, 6.45) is 2.18. The van der Waals surface area contributed by atoms with Crippen LogP contribution < -0.4 is 10.5 Å². The molecule has 2 N–H and O–H groups in total. The molecule has 0 spiro atoms. The lowest BCUT2D eigenvalue weighted by molar-refractivity contribution is -0.134. The molecular weight excluding hydrogens is 228 g/mol. The van der Waals surface area contributed by atoms with Crippen molar-refractivity contribution in [1.82, 2.24) is 4.90 Å². The van der Waals surface area contributed by atoms with Gasteiger partial charge in [0.05, 0.1) is 0 Å². The number of carbonyl (C=O) groups excluding carboxylic acids is 1. The first kappa shape index (κ1) is 12.7. The minimum Gasteiger partial charge on any atom is -0.484 e. The van der Waals surface area contributed by atoms with E-state index in [9.17, 15) is 4.79 Å². The molecule has 4 heteroatoms. The summed E-state index contributed by atoms with van der Waals surface area (Å²) in [5.41, 5.74) is 6.28. The van der Waals surface area contributed by atoms with Crippen LogP contribution in [0.2, 0.25) is 0 Å². The topological polar surface area (TPSA) is 55.6 Å². The van der Waals surface area contributed by atoms with Crippen molar-refractivity contribution >= 4 is 11.6 Å². The van der Waals surface area contributed by atoms with E-state index in [2.05, 4.69) is 6.92 Å². The van der Waals surface area contributed by atoms with E-state index < -0.39 is 0 Å². The lowest BCUT2D eigenvalue weighted by atomic mass is 9.99. The monoisotopic (exact) mass is 248 g/mol. The van der Waals surface area contributed by atoms with Crippen molar-refractivity contribution in [1.29, 1.82) is 0 Å². The number of likely N-dealkylation sites (tertiary alicyclic amines) is 1. The first-order valence-corrected chi connectivity index (χ1v) is 6.41. The van der Waals surface area contributed by atoms with Gasteiger partial charge in [-0.2, -0.15) is 0 Å². The van der Waals surface area contributed by atoms with Gasteiger partial charge in [0.1, 0.15) is 5.75 Å². The number of hydrogen-bond donors (Lipinski definition) is 1. The average Bonchev–Trinajstić information content (AvgIpc) is 2.38. The molecular formula is C14H20N2O2. The Morgan fingerprint density at radius 1 is 1.33 bits per heavy atom. The fraction of sp³-hybridized carbons (Fsp3) is 0.500. The fourth-order valence-corrected chi connectivity index (χ4v) is 2.06. The highest BCUT2D eigenvalue weighted by Gasteiger charge is 2.20. The van der Waals surface area contributed by atoms with Crippen molar-refractivity contribution in [3.63, 3.8) is 0 Å². The highest BCUT2D eigenvalue weighted by Crippen LogP contribution is 2.17. The molecule has 0 bridgehead atoms. The summed E-state index contributed by atoms with van der Waals surface area (Å²) in [5, 5.41) is 0. The molecule has 1 aromatic rings. The summed E-state index contributed by atoms with van der Waals surface area (Å²) in [4.78, 5) is 13.8. The van der Waals surface area contributed by atoms with Gasteiger partial charge in [-0.05, 0) is 43.0 Å². The van der Waals surface area contributed by atoms with Crippen molar-refractivity contribution in [2.45, 2.75) is 19.8 Å². The van der Waals surface area contributed by atoms with Crippen LogP contribution in [-0.4, -0.2) is 30.5 Å². The molecule has 1 aliphatic heterocycles. The molecule has 1 aliphatic rings. The normalized spacial score (nSPS) is 16.6. The second-order valence-electron chi connectivity index (χ2n) is 4.92. The number of nitrogens with two attached hydrogens (primary N) is 1. The van der Waals surface area contributed by atoms with E-state index >= 15 is 0 Å². The summed E-state index contributed by atoms with van der Waals surface area (Å²) in [6.45, 7) is 4.04. The summed E-state index contributed by atoms with van der Waals surface area (Å²) < 4.78 is 5.46. The van der Waals surface area contributed by atoms with Gasteiger partial charge in [0.2, 0.25) is 0 Å². The van der Waals surface area contributed by atoms with E-state index in [1.54, 1.807) is 24.3 Å². The number of benzene rings is 1. The smallest absolute Gasteiger partial charge is 0.260 e. The second kappa shape index (κ2) is 5.76. The standard InChI is InChI=1S/C14H20N2O2/c1-11-6-8-16(9-7-11)14(17)10-18-13-4-2-12(15)3-5-13/h2-5,11H,6-10,15H2,1H3. The Kier molecular flexibility index (Phi) is 4.07. The van der Waals surface area contributed by atoms with Gasteiger partial charge in [-0.1, -0.05) is 6.92 Å². The predicted molar refractivity (Wildman–Crippen MR) is 71.3 cm³/mol. The van der Waals surface area contributed by atoms with Crippen LogP contribution in [0.4, 0.5) is 5.69 Å². The molecule has 4 nitrogen and oxygen atoms in total. The molecule has 0 aliphatic carbocycles. The van der Waals surface area contributed by atoms with E-state index in [1.165, 1.54) is 0 Å². The van der Waals surface area contributed by atoms with Crippen LogP contribution in [-0.2, 0) is 4.79 Å². The number of piperidine rings is 1. The molecule has 0 atom stereocenters. The first-order valence-electron chi connectivity index (χ1n) is 6.41. The lowest BCUT2D eigenvalue weighted by Crippen LogP contribution is -2.40. The maximum atomic E-state index is 11.9. The van der Waals surface area contributed by atoms with Crippen LogP contribution in [0, 0.1) is 5.92 Å². The molecule has 0 radical (unpaired) electrons. The Morgan fingerprint density at radius 3 is 2.56 bits per heavy atom. The molecule has 1 heterocycles. The minimum atomic E-state index is 0.0683. The molecule has 0 saturated carbocycles. The first-order chi connectivity index (χ1) is 8.65. The van der Waals surface area contributed by atoms with E-state index in [1.807, 2.05) is 4.90 Å². The van der Waals surface area contributed by atoms with Crippen molar-refractivity contribution in [3.05, 3.63) is 24.3 Å². The Balaban J connectivity index is 1.79. The molecule has 1 fully saturated rings. The molecule has 1 saturated heterocycles.